The van der Waals surface area contributed by atoms with Crippen molar-refractivity contribution in [2.75, 3.05) is 13.1 Å². The van der Waals surface area contributed by atoms with Gasteiger partial charge in [-0.15, -0.1) is 0 Å². The van der Waals surface area contributed by atoms with Gasteiger partial charge in [-0.1, -0.05) is 6.07 Å². The van der Waals surface area contributed by atoms with Crippen LogP contribution < -0.4 is 5.32 Å². The van der Waals surface area contributed by atoms with E-state index < -0.39 is 11.6 Å². The molecule has 1 aliphatic heterocycles. The van der Waals surface area contributed by atoms with Crippen LogP contribution in [-0.4, -0.2) is 13.1 Å². The van der Waals surface area contributed by atoms with E-state index in [2.05, 4.69) is 5.32 Å². The van der Waals surface area contributed by atoms with Crippen LogP contribution in [-0.2, 0) is 6.42 Å². The van der Waals surface area contributed by atoms with Gasteiger partial charge in [-0.3, -0.25) is 0 Å². The van der Waals surface area contributed by atoms with Crippen molar-refractivity contribution in [2.24, 2.45) is 5.92 Å². The first-order valence-corrected chi connectivity index (χ1v) is 5.91. The second-order valence-corrected chi connectivity index (χ2v) is 4.45. The third-order valence-electron chi connectivity index (χ3n) is 3.26. The van der Waals surface area contributed by atoms with Gasteiger partial charge in [0, 0.05) is 5.56 Å². The van der Waals surface area contributed by atoms with E-state index in [1.54, 1.807) is 0 Å². The number of piperidine rings is 1. The van der Waals surface area contributed by atoms with Crippen molar-refractivity contribution >= 4 is 0 Å². The SMILES string of the molecule is Fc1cccc(F)c1CCC1CCCNC1. The van der Waals surface area contributed by atoms with Crippen LogP contribution in [0.3, 0.4) is 0 Å². The summed E-state index contributed by atoms with van der Waals surface area (Å²) in [5.41, 5.74) is 0.244. The summed E-state index contributed by atoms with van der Waals surface area (Å²) in [5, 5.41) is 3.31. The molecule has 16 heavy (non-hydrogen) atoms. The monoisotopic (exact) mass is 225 g/mol. The molecule has 1 atom stereocenters. The van der Waals surface area contributed by atoms with Crippen LogP contribution in [0.5, 0.6) is 0 Å². The first-order chi connectivity index (χ1) is 7.77. The van der Waals surface area contributed by atoms with Crippen LogP contribution in [0.1, 0.15) is 24.8 Å². The molecule has 0 saturated carbocycles. The Bertz CT molecular complexity index is 326. The normalized spacial score (nSPS) is 21.0. The zero-order valence-electron chi connectivity index (χ0n) is 9.31. The van der Waals surface area contributed by atoms with Crippen molar-refractivity contribution in [2.45, 2.75) is 25.7 Å². The molecule has 1 N–H and O–H groups in total. The Morgan fingerprint density at radius 1 is 1.25 bits per heavy atom. The van der Waals surface area contributed by atoms with Crippen LogP contribution >= 0.6 is 0 Å². The van der Waals surface area contributed by atoms with E-state index in [4.69, 9.17) is 0 Å². The van der Waals surface area contributed by atoms with E-state index in [1.807, 2.05) is 0 Å². The van der Waals surface area contributed by atoms with Gasteiger partial charge in [-0.2, -0.15) is 0 Å². The fraction of sp³-hybridized carbons (Fsp3) is 0.538. The maximum Gasteiger partial charge on any atom is 0.129 e. The Labute approximate surface area is 94.9 Å². The first-order valence-electron chi connectivity index (χ1n) is 5.91. The fourth-order valence-corrected chi connectivity index (χ4v) is 2.29. The third-order valence-corrected chi connectivity index (χ3v) is 3.26. The number of rotatable bonds is 3. The molecule has 0 amide bonds. The molecule has 0 spiro atoms. The molecule has 3 heteroatoms. The lowest BCUT2D eigenvalue weighted by Crippen LogP contribution is -2.30. The summed E-state index contributed by atoms with van der Waals surface area (Å²) in [5.74, 6) is -0.264. The molecule has 88 valence electrons. The lowest BCUT2D eigenvalue weighted by atomic mass is 9.92. The summed E-state index contributed by atoms with van der Waals surface area (Å²) in [6.45, 7) is 2.06. The minimum Gasteiger partial charge on any atom is -0.316 e. The smallest absolute Gasteiger partial charge is 0.129 e. The quantitative estimate of drug-likeness (QED) is 0.834. The summed E-state index contributed by atoms with van der Waals surface area (Å²) in [7, 11) is 0. The number of hydrogen-bond donors (Lipinski definition) is 1. The molecule has 1 aliphatic rings. The average molecular weight is 225 g/mol. The van der Waals surface area contributed by atoms with Crippen LogP contribution in [0.15, 0.2) is 18.2 Å². The molecule has 0 aromatic heterocycles. The van der Waals surface area contributed by atoms with Crippen molar-refractivity contribution in [1.29, 1.82) is 0 Å². The summed E-state index contributed by atoms with van der Waals surface area (Å²) >= 11 is 0. The second-order valence-electron chi connectivity index (χ2n) is 4.45. The van der Waals surface area contributed by atoms with E-state index >= 15 is 0 Å². The predicted molar refractivity (Wildman–Crippen MR) is 60.3 cm³/mol. The van der Waals surface area contributed by atoms with Crippen LogP contribution in [0.2, 0.25) is 0 Å². The highest BCUT2D eigenvalue weighted by Gasteiger charge is 2.15. The molecular weight excluding hydrogens is 208 g/mol. The lowest BCUT2D eigenvalue weighted by molar-refractivity contribution is 0.354. The summed E-state index contributed by atoms with van der Waals surface area (Å²) in [6.07, 6.45) is 3.71. The highest BCUT2D eigenvalue weighted by Crippen LogP contribution is 2.20. The van der Waals surface area contributed by atoms with Gasteiger partial charge in [0.1, 0.15) is 11.6 Å². The largest absolute Gasteiger partial charge is 0.316 e. The molecule has 1 saturated heterocycles. The minimum atomic E-state index is -0.413. The molecule has 1 fully saturated rings. The fourth-order valence-electron chi connectivity index (χ4n) is 2.29. The zero-order valence-corrected chi connectivity index (χ0v) is 9.31. The molecule has 1 aromatic carbocycles. The highest BCUT2D eigenvalue weighted by atomic mass is 19.1. The van der Waals surface area contributed by atoms with Gasteiger partial charge >= 0.3 is 0 Å². The Kier molecular flexibility index (Phi) is 3.88. The minimum absolute atomic E-state index is 0.244. The Balaban J connectivity index is 1.93. The Morgan fingerprint density at radius 3 is 2.62 bits per heavy atom. The van der Waals surface area contributed by atoms with Gasteiger partial charge in [-0.25, -0.2) is 8.78 Å². The third kappa shape index (κ3) is 2.79. The summed E-state index contributed by atoms with van der Waals surface area (Å²) in [4.78, 5) is 0. The van der Waals surface area contributed by atoms with Gasteiger partial charge in [0.05, 0.1) is 0 Å². The van der Waals surface area contributed by atoms with E-state index in [1.165, 1.54) is 31.0 Å². The Morgan fingerprint density at radius 2 is 2.00 bits per heavy atom. The van der Waals surface area contributed by atoms with E-state index in [9.17, 15) is 8.78 Å². The topological polar surface area (TPSA) is 12.0 Å². The molecular formula is C13H17F2N. The number of nitrogens with one attached hydrogen (secondary N) is 1. The molecule has 1 heterocycles. The van der Waals surface area contributed by atoms with Gasteiger partial charge in [-0.05, 0) is 56.8 Å². The molecule has 0 bridgehead atoms. The van der Waals surface area contributed by atoms with Gasteiger partial charge in [0.25, 0.3) is 0 Å². The average Bonchev–Trinajstić information content (AvgIpc) is 2.30. The summed E-state index contributed by atoms with van der Waals surface area (Å²) < 4.78 is 26.7. The van der Waals surface area contributed by atoms with Crippen LogP contribution in [0, 0.1) is 17.6 Å². The number of hydrogen-bond acceptors (Lipinski definition) is 1. The first kappa shape index (κ1) is 11.5. The molecule has 0 aliphatic carbocycles. The van der Waals surface area contributed by atoms with Crippen LogP contribution in [0.25, 0.3) is 0 Å². The van der Waals surface area contributed by atoms with Gasteiger partial charge in [0.2, 0.25) is 0 Å². The molecule has 0 radical (unpaired) electrons. The van der Waals surface area contributed by atoms with E-state index in [0.29, 0.717) is 12.3 Å². The lowest BCUT2D eigenvalue weighted by Gasteiger charge is -2.22. The maximum absolute atomic E-state index is 13.3. The van der Waals surface area contributed by atoms with Crippen molar-refractivity contribution in [3.05, 3.63) is 35.4 Å². The number of benzene rings is 1. The van der Waals surface area contributed by atoms with E-state index in [-0.39, 0.29) is 5.56 Å². The molecule has 1 unspecified atom stereocenters. The molecule has 1 aromatic rings. The van der Waals surface area contributed by atoms with Gasteiger partial charge in [0.15, 0.2) is 0 Å². The Hall–Kier alpha value is -0.960. The van der Waals surface area contributed by atoms with Crippen molar-refractivity contribution in [1.82, 2.24) is 5.32 Å². The summed E-state index contributed by atoms with van der Waals surface area (Å²) in [6, 6.07) is 4.07. The predicted octanol–water partition coefficient (Wildman–Crippen LogP) is 2.90. The maximum atomic E-state index is 13.3. The second kappa shape index (κ2) is 5.39. The van der Waals surface area contributed by atoms with Crippen molar-refractivity contribution in [3.63, 3.8) is 0 Å². The standard InChI is InChI=1S/C13H17F2N/c14-12-4-1-5-13(15)11(12)7-6-10-3-2-8-16-9-10/h1,4-5,10,16H,2-3,6-9H2. The molecule has 2 rings (SSSR count). The van der Waals surface area contributed by atoms with Crippen molar-refractivity contribution in [3.8, 4) is 0 Å². The van der Waals surface area contributed by atoms with E-state index in [0.717, 1.165) is 19.5 Å². The van der Waals surface area contributed by atoms with Crippen molar-refractivity contribution < 1.29 is 8.78 Å². The van der Waals surface area contributed by atoms with Gasteiger partial charge < -0.3 is 5.32 Å². The van der Waals surface area contributed by atoms with Crippen LogP contribution in [0.4, 0.5) is 8.78 Å². The number of halogens is 2. The highest BCUT2D eigenvalue weighted by molar-refractivity contribution is 5.19. The zero-order chi connectivity index (χ0) is 11.4. The molecule has 1 nitrogen and oxygen atoms in total.